The van der Waals surface area contributed by atoms with Gasteiger partial charge >= 0.3 is 0 Å². The molecule has 1 aromatic heterocycles. The highest BCUT2D eigenvalue weighted by Crippen LogP contribution is 2.23. The van der Waals surface area contributed by atoms with E-state index < -0.39 is 0 Å². The van der Waals surface area contributed by atoms with Crippen molar-refractivity contribution in [2.24, 2.45) is 0 Å². The maximum atomic E-state index is 4.53. The summed E-state index contributed by atoms with van der Waals surface area (Å²) >= 11 is 3.65. The second-order valence-electron chi connectivity index (χ2n) is 4.71. The Labute approximate surface area is 113 Å². The molecule has 0 aliphatic carbocycles. The number of rotatable bonds is 6. The lowest BCUT2D eigenvalue weighted by Crippen LogP contribution is -2.29. The van der Waals surface area contributed by atoms with Gasteiger partial charge in [0.1, 0.15) is 0 Å². The van der Waals surface area contributed by atoms with Crippen molar-refractivity contribution in [2.75, 3.05) is 7.05 Å². The summed E-state index contributed by atoms with van der Waals surface area (Å²) in [5.41, 5.74) is 2.37. The first-order valence-electron chi connectivity index (χ1n) is 6.43. The Hall–Kier alpha value is -0.350. The van der Waals surface area contributed by atoms with Crippen LogP contribution in [0.1, 0.15) is 45.0 Å². The van der Waals surface area contributed by atoms with Crippen molar-refractivity contribution in [2.45, 2.75) is 59.7 Å². The average molecular weight is 302 g/mol. The van der Waals surface area contributed by atoms with E-state index in [4.69, 9.17) is 0 Å². The molecule has 1 rings (SSSR count). The molecular formula is C13H24BrN3. The topological polar surface area (TPSA) is 21.1 Å². The van der Waals surface area contributed by atoms with Crippen LogP contribution in [0, 0.1) is 6.92 Å². The van der Waals surface area contributed by atoms with Gasteiger partial charge in [-0.15, -0.1) is 0 Å². The molecule has 98 valence electrons. The first-order valence-corrected chi connectivity index (χ1v) is 7.22. The third-order valence-electron chi connectivity index (χ3n) is 3.31. The molecule has 0 saturated heterocycles. The summed E-state index contributed by atoms with van der Waals surface area (Å²) in [5.74, 6) is 0. The SMILES string of the molecule is CCCC(C)N(C)Cc1c(Br)c(C)nn1CC. The van der Waals surface area contributed by atoms with E-state index in [1.807, 2.05) is 0 Å². The molecular weight excluding hydrogens is 278 g/mol. The molecule has 3 nitrogen and oxygen atoms in total. The molecule has 0 saturated carbocycles. The standard InChI is InChI=1S/C13H24BrN3/c1-6-8-10(3)16(5)9-12-13(14)11(4)15-17(12)7-2/h10H,6-9H2,1-5H3. The van der Waals surface area contributed by atoms with Crippen LogP contribution in [0.4, 0.5) is 0 Å². The predicted octanol–water partition coefficient (Wildman–Crippen LogP) is 3.59. The van der Waals surface area contributed by atoms with Crippen molar-refractivity contribution in [3.63, 3.8) is 0 Å². The van der Waals surface area contributed by atoms with Crippen molar-refractivity contribution >= 4 is 15.9 Å². The zero-order valence-electron chi connectivity index (χ0n) is 11.6. The van der Waals surface area contributed by atoms with Gasteiger partial charge in [-0.3, -0.25) is 9.58 Å². The van der Waals surface area contributed by atoms with Crippen LogP contribution in [0.15, 0.2) is 4.47 Å². The zero-order valence-corrected chi connectivity index (χ0v) is 13.2. The first-order chi connectivity index (χ1) is 8.01. The van der Waals surface area contributed by atoms with Crippen molar-refractivity contribution < 1.29 is 0 Å². The van der Waals surface area contributed by atoms with Crippen LogP contribution in [-0.2, 0) is 13.1 Å². The molecule has 1 aromatic rings. The summed E-state index contributed by atoms with van der Waals surface area (Å²) in [6.07, 6.45) is 2.48. The molecule has 4 heteroatoms. The Kier molecular flexibility index (Phi) is 5.67. The van der Waals surface area contributed by atoms with Gasteiger partial charge in [-0.1, -0.05) is 13.3 Å². The highest BCUT2D eigenvalue weighted by atomic mass is 79.9. The molecule has 0 aliphatic rings. The summed E-state index contributed by atoms with van der Waals surface area (Å²) < 4.78 is 3.25. The van der Waals surface area contributed by atoms with Gasteiger partial charge in [0.2, 0.25) is 0 Å². The molecule has 0 amide bonds. The fourth-order valence-corrected chi connectivity index (χ4v) is 2.46. The van der Waals surface area contributed by atoms with Crippen LogP contribution in [0.5, 0.6) is 0 Å². The van der Waals surface area contributed by atoms with E-state index in [-0.39, 0.29) is 0 Å². The van der Waals surface area contributed by atoms with Gasteiger partial charge < -0.3 is 0 Å². The lowest BCUT2D eigenvalue weighted by Gasteiger charge is -2.24. The van der Waals surface area contributed by atoms with Crippen LogP contribution in [0.2, 0.25) is 0 Å². The Morgan fingerprint density at radius 3 is 2.59 bits per heavy atom. The van der Waals surface area contributed by atoms with Gasteiger partial charge in [0.25, 0.3) is 0 Å². The van der Waals surface area contributed by atoms with Gasteiger partial charge in [-0.25, -0.2) is 0 Å². The fourth-order valence-electron chi connectivity index (χ4n) is 2.05. The number of nitrogens with zero attached hydrogens (tertiary/aromatic N) is 3. The van der Waals surface area contributed by atoms with Gasteiger partial charge in [0.05, 0.1) is 15.9 Å². The maximum absolute atomic E-state index is 4.53. The van der Waals surface area contributed by atoms with E-state index in [0.717, 1.165) is 23.3 Å². The molecule has 17 heavy (non-hydrogen) atoms. The summed E-state index contributed by atoms with van der Waals surface area (Å²) in [7, 11) is 2.19. The normalized spacial score (nSPS) is 13.4. The highest BCUT2D eigenvalue weighted by molar-refractivity contribution is 9.10. The summed E-state index contributed by atoms with van der Waals surface area (Å²) in [5, 5.41) is 4.53. The van der Waals surface area contributed by atoms with Crippen molar-refractivity contribution in [3.8, 4) is 0 Å². The van der Waals surface area contributed by atoms with Crippen molar-refractivity contribution in [1.29, 1.82) is 0 Å². The van der Waals surface area contributed by atoms with E-state index >= 15 is 0 Å². The monoisotopic (exact) mass is 301 g/mol. The largest absolute Gasteiger partial charge is 0.298 e. The van der Waals surface area contributed by atoms with Crippen LogP contribution in [0.25, 0.3) is 0 Å². The molecule has 0 fully saturated rings. The van der Waals surface area contributed by atoms with Crippen LogP contribution in [-0.4, -0.2) is 27.8 Å². The Morgan fingerprint density at radius 2 is 2.06 bits per heavy atom. The van der Waals surface area contributed by atoms with Crippen LogP contribution < -0.4 is 0 Å². The number of hydrogen-bond donors (Lipinski definition) is 0. The molecule has 0 bridgehead atoms. The molecule has 1 atom stereocenters. The van der Waals surface area contributed by atoms with E-state index in [9.17, 15) is 0 Å². The zero-order chi connectivity index (χ0) is 13.0. The maximum Gasteiger partial charge on any atom is 0.0739 e. The Balaban J connectivity index is 2.80. The van der Waals surface area contributed by atoms with Crippen molar-refractivity contribution in [3.05, 3.63) is 15.9 Å². The molecule has 1 heterocycles. The molecule has 0 spiro atoms. The minimum atomic E-state index is 0.618. The second-order valence-corrected chi connectivity index (χ2v) is 5.51. The van der Waals surface area contributed by atoms with Gasteiger partial charge in [0.15, 0.2) is 0 Å². The Morgan fingerprint density at radius 1 is 1.41 bits per heavy atom. The first kappa shape index (κ1) is 14.7. The molecule has 1 unspecified atom stereocenters. The smallest absolute Gasteiger partial charge is 0.0739 e. The fraction of sp³-hybridized carbons (Fsp3) is 0.769. The summed E-state index contributed by atoms with van der Waals surface area (Å²) in [6, 6.07) is 0.618. The highest BCUT2D eigenvalue weighted by Gasteiger charge is 2.16. The van der Waals surface area contributed by atoms with E-state index in [1.165, 1.54) is 18.5 Å². The molecule has 0 radical (unpaired) electrons. The lowest BCUT2D eigenvalue weighted by molar-refractivity contribution is 0.229. The van der Waals surface area contributed by atoms with Crippen molar-refractivity contribution in [1.82, 2.24) is 14.7 Å². The number of aryl methyl sites for hydroxylation is 2. The number of aromatic nitrogens is 2. The van der Waals surface area contributed by atoms with E-state index in [2.05, 4.69) is 65.4 Å². The quantitative estimate of drug-likeness (QED) is 0.800. The van der Waals surface area contributed by atoms with Crippen LogP contribution in [0.3, 0.4) is 0 Å². The van der Waals surface area contributed by atoms with E-state index in [1.54, 1.807) is 0 Å². The van der Waals surface area contributed by atoms with Gasteiger partial charge in [-0.2, -0.15) is 5.10 Å². The van der Waals surface area contributed by atoms with E-state index in [0.29, 0.717) is 6.04 Å². The predicted molar refractivity (Wildman–Crippen MR) is 76.2 cm³/mol. The molecule has 0 aromatic carbocycles. The van der Waals surface area contributed by atoms with Gasteiger partial charge in [0, 0.05) is 19.1 Å². The Bertz CT molecular complexity index is 360. The summed E-state index contributed by atoms with van der Waals surface area (Å²) in [4.78, 5) is 2.40. The average Bonchev–Trinajstić information content (AvgIpc) is 2.57. The van der Waals surface area contributed by atoms with Gasteiger partial charge in [-0.05, 0) is 50.2 Å². The number of hydrogen-bond acceptors (Lipinski definition) is 2. The number of halogens is 1. The lowest BCUT2D eigenvalue weighted by atomic mass is 10.1. The molecule has 0 N–H and O–H groups in total. The van der Waals surface area contributed by atoms with Crippen LogP contribution >= 0.6 is 15.9 Å². The minimum Gasteiger partial charge on any atom is -0.298 e. The summed E-state index contributed by atoms with van der Waals surface area (Å²) in [6.45, 7) is 10.6. The molecule has 0 aliphatic heterocycles. The third kappa shape index (κ3) is 3.55. The minimum absolute atomic E-state index is 0.618. The second kappa shape index (κ2) is 6.55. The third-order valence-corrected chi connectivity index (χ3v) is 4.34.